The van der Waals surface area contributed by atoms with Gasteiger partial charge in [-0.2, -0.15) is 0 Å². The molecule has 0 aliphatic carbocycles. The fourth-order valence-corrected chi connectivity index (χ4v) is 4.84. The first-order chi connectivity index (χ1) is 12.2. The van der Waals surface area contributed by atoms with Crippen LogP contribution >= 0.6 is 0 Å². The third kappa shape index (κ3) is 2.00. The maximum absolute atomic E-state index is 12.7. The number of carbonyl (C=O) groups excluding carboxylic acids is 1. The summed E-state index contributed by atoms with van der Waals surface area (Å²) in [5.41, 5.74) is 7.90. The minimum Gasteiger partial charge on any atom is -0.346 e. The molecule has 5 heterocycles. The molecule has 3 aromatic heterocycles. The van der Waals surface area contributed by atoms with E-state index in [9.17, 15) is 9.59 Å². The molecular formula is C17H20N6O2. The second kappa shape index (κ2) is 5.19. The van der Waals surface area contributed by atoms with Crippen LogP contribution in [0.15, 0.2) is 23.3 Å². The first kappa shape index (κ1) is 14.7. The Morgan fingerprint density at radius 2 is 2.04 bits per heavy atom. The molecule has 1 amide bonds. The van der Waals surface area contributed by atoms with Crippen LogP contribution in [0.5, 0.6) is 0 Å². The molecule has 3 atom stereocenters. The lowest BCUT2D eigenvalue weighted by molar-refractivity contribution is -0.134. The maximum Gasteiger partial charge on any atom is 0.326 e. The van der Waals surface area contributed by atoms with E-state index in [1.165, 1.54) is 0 Å². The number of hydrogen-bond acceptors (Lipinski definition) is 4. The van der Waals surface area contributed by atoms with Crippen molar-refractivity contribution in [1.29, 1.82) is 0 Å². The quantitative estimate of drug-likeness (QED) is 0.642. The van der Waals surface area contributed by atoms with E-state index < -0.39 is 0 Å². The average molecular weight is 340 g/mol. The molecule has 8 nitrogen and oxygen atoms in total. The molecule has 4 N–H and O–H groups in total. The van der Waals surface area contributed by atoms with E-state index in [4.69, 9.17) is 5.73 Å². The summed E-state index contributed by atoms with van der Waals surface area (Å²) in [5, 5.41) is 0.948. The molecule has 2 saturated heterocycles. The molecule has 2 aliphatic heterocycles. The lowest BCUT2D eigenvalue weighted by atomic mass is 9.96. The summed E-state index contributed by atoms with van der Waals surface area (Å²) in [6.45, 7) is 0.0559. The monoisotopic (exact) mass is 340 g/mol. The number of pyridine rings is 1. The molecule has 2 fully saturated rings. The number of nitrogens with two attached hydrogens (primary N) is 1. The van der Waals surface area contributed by atoms with Gasteiger partial charge in [0.25, 0.3) is 0 Å². The normalized spacial score (nSPS) is 26.0. The Hall–Kier alpha value is -2.61. The smallest absolute Gasteiger partial charge is 0.326 e. The van der Waals surface area contributed by atoms with Gasteiger partial charge in [-0.25, -0.2) is 9.78 Å². The molecule has 0 saturated carbocycles. The van der Waals surface area contributed by atoms with Gasteiger partial charge in [0, 0.05) is 29.7 Å². The van der Waals surface area contributed by atoms with Crippen molar-refractivity contribution in [2.24, 2.45) is 5.73 Å². The number of hydrogen-bond donors (Lipinski definition) is 3. The number of aromatic nitrogens is 4. The number of nitrogens with zero attached hydrogens (tertiary/aromatic N) is 3. The molecular weight excluding hydrogens is 320 g/mol. The van der Waals surface area contributed by atoms with Crippen LogP contribution in [0, 0.1) is 0 Å². The standard InChI is InChI=1S/C17H20N6O2/c18-7-14(24)22-9-1-2-10(22)6-11(5-9)23-15-12-3-4-19-16(12)20-8-13(15)21-17(23)25/h3-4,8-11H,1-2,5-7,18H2,(H,19,20)(H,21,25)/t9-,10+,11-. The Kier molecular flexibility index (Phi) is 3.05. The molecule has 0 aromatic carbocycles. The number of carbonyl (C=O) groups is 1. The van der Waals surface area contributed by atoms with E-state index in [2.05, 4.69) is 15.0 Å². The van der Waals surface area contributed by atoms with Crippen LogP contribution in [0.1, 0.15) is 31.7 Å². The zero-order valence-electron chi connectivity index (χ0n) is 13.7. The van der Waals surface area contributed by atoms with Crippen molar-refractivity contribution in [2.45, 2.75) is 43.8 Å². The summed E-state index contributed by atoms with van der Waals surface area (Å²) in [7, 11) is 0. The second-order valence-corrected chi connectivity index (χ2v) is 7.08. The summed E-state index contributed by atoms with van der Waals surface area (Å²) in [4.78, 5) is 37.2. The minimum absolute atomic E-state index is 0.0226. The molecule has 5 rings (SSSR count). The van der Waals surface area contributed by atoms with E-state index in [0.29, 0.717) is 0 Å². The Morgan fingerprint density at radius 3 is 2.76 bits per heavy atom. The number of rotatable bonds is 2. The third-order valence-electron chi connectivity index (χ3n) is 5.80. The highest BCUT2D eigenvalue weighted by atomic mass is 16.2. The second-order valence-electron chi connectivity index (χ2n) is 7.08. The van der Waals surface area contributed by atoms with Crippen LogP contribution in [0.4, 0.5) is 0 Å². The van der Waals surface area contributed by atoms with Crippen molar-refractivity contribution in [3.63, 3.8) is 0 Å². The highest BCUT2D eigenvalue weighted by molar-refractivity contribution is 6.00. The molecule has 25 heavy (non-hydrogen) atoms. The molecule has 2 bridgehead atoms. The van der Waals surface area contributed by atoms with Crippen LogP contribution in [0.2, 0.25) is 0 Å². The van der Waals surface area contributed by atoms with E-state index in [-0.39, 0.29) is 36.3 Å². The van der Waals surface area contributed by atoms with E-state index in [1.807, 2.05) is 21.7 Å². The topological polar surface area (TPSA) is 113 Å². The molecule has 3 aromatic rings. The van der Waals surface area contributed by atoms with Gasteiger partial charge in [0.1, 0.15) is 5.65 Å². The van der Waals surface area contributed by atoms with Crippen molar-refractivity contribution >= 4 is 28.0 Å². The van der Waals surface area contributed by atoms with Crippen molar-refractivity contribution in [1.82, 2.24) is 24.4 Å². The number of fused-ring (bicyclic) bond motifs is 5. The van der Waals surface area contributed by atoms with Crippen LogP contribution in [-0.2, 0) is 4.79 Å². The molecule has 0 radical (unpaired) electrons. The van der Waals surface area contributed by atoms with Gasteiger partial charge in [-0.3, -0.25) is 9.36 Å². The Bertz CT molecular complexity index is 1020. The molecule has 0 spiro atoms. The number of H-pyrrole nitrogens is 2. The largest absolute Gasteiger partial charge is 0.346 e. The summed E-state index contributed by atoms with van der Waals surface area (Å²) < 4.78 is 1.88. The predicted molar refractivity (Wildman–Crippen MR) is 93.2 cm³/mol. The van der Waals surface area contributed by atoms with Gasteiger partial charge in [-0.05, 0) is 31.7 Å². The lowest BCUT2D eigenvalue weighted by Crippen LogP contribution is -2.49. The zero-order chi connectivity index (χ0) is 17.1. The van der Waals surface area contributed by atoms with Gasteiger partial charge < -0.3 is 20.6 Å². The van der Waals surface area contributed by atoms with E-state index >= 15 is 0 Å². The summed E-state index contributed by atoms with van der Waals surface area (Å²) in [5.74, 6) is 0.0226. The van der Waals surface area contributed by atoms with Gasteiger partial charge >= 0.3 is 5.69 Å². The fraction of sp³-hybridized carbons (Fsp3) is 0.471. The lowest BCUT2D eigenvalue weighted by Gasteiger charge is -2.39. The number of nitrogens with one attached hydrogen (secondary N) is 2. The molecule has 8 heteroatoms. The first-order valence-corrected chi connectivity index (χ1v) is 8.75. The van der Waals surface area contributed by atoms with E-state index in [0.717, 1.165) is 47.8 Å². The number of amides is 1. The Morgan fingerprint density at radius 1 is 1.28 bits per heavy atom. The number of aromatic amines is 2. The fourth-order valence-electron chi connectivity index (χ4n) is 4.84. The van der Waals surface area contributed by atoms with Gasteiger partial charge in [-0.15, -0.1) is 0 Å². The molecule has 130 valence electrons. The van der Waals surface area contributed by atoms with Crippen molar-refractivity contribution in [2.75, 3.05) is 6.54 Å². The van der Waals surface area contributed by atoms with Gasteiger partial charge in [0.15, 0.2) is 0 Å². The van der Waals surface area contributed by atoms with Crippen molar-refractivity contribution < 1.29 is 4.79 Å². The predicted octanol–water partition coefficient (Wildman–Crippen LogP) is 0.859. The molecule has 0 unspecified atom stereocenters. The van der Waals surface area contributed by atoms with Crippen LogP contribution in [0.25, 0.3) is 22.1 Å². The highest BCUT2D eigenvalue weighted by Gasteiger charge is 2.43. The first-order valence-electron chi connectivity index (χ1n) is 8.75. The average Bonchev–Trinajstić information content (AvgIpc) is 3.27. The zero-order valence-corrected chi connectivity index (χ0v) is 13.7. The van der Waals surface area contributed by atoms with Gasteiger partial charge in [0.2, 0.25) is 5.91 Å². The van der Waals surface area contributed by atoms with Crippen molar-refractivity contribution in [3.8, 4) is 0 Å². The minimum atomic E-state index is -0.103. The van der Waals surface area contributed by atoms with Gasteiger partial charge in [-0.1, -0.05) is 0 Å². The van der Waals surface area contributed by atoms with Crippen LogP contribution in [-0.4, -0.2) is 49.0 Å². The van der Waals surface area contributed by atoms with Crippen LogP contribution < -0.4 is 11.4 Å². The summed E-state index contributed by atoms with van der Waals surface area (Å²) in [6.07, 6.45) is 7.11. The summed E-state index contributed by atoms with van der Waals surface area (Å²) >= 11 is 0. The summed E-state index contributed by atoms with van der Waals surface area (Å²) in [6, 6.07) is 2.40. The Balaban J connectivity index is 1.61. The third-order valence-corrected chi connectivity index (χ3v) is 5.80. The van der Waals surface area contributed by atoms with Crippen LogP contribution in [0.3, 0.4) is 0 Å². The number of piperidine rings is 1. The molecule has 2 aliphatic rings. The number of imidazole rings is 1. The SMILES string of the molecule is NCC(=O)N1[C@@H]2CC[C@H]1C[C@H](n1c(=O)[nH]c3cnc4[nH]ccc4c31)C2. The highest BCUT2D eigenvalue weighted by Crippen LogP contribution is 2.41. The van der Waals surface area contributed by atoms with Gasteiger partial charge in [0.05, 0.1) is 23.8 Å². The Labute approximate surface area is 143 Å². The maximum atomic E-state index is 12.7. The van der Waals surface area contributed by atoms with E-state index in [1.54, 1.807) is 6.20 Å². The van der Waals surface area contributed by atoms with Crippen molar-refractivity contribution in [3.05, 3.63) is 28.9 Å².